The zero-order valence-electron chi connectivity index (χ0n) is 16.3. The molecule has 0 spiro atoms. The lowest BCUT2D eigenvalue weighted by molar-refractivity contribution is 0.0987. The Balaban J connectivity index is 1.54. The number of hydrogen-bond acceptors (Lipinski definition) is 6. The van der Waals surface area contributed by atoms with Crippen LogP contribution >= 0.6 is 22.7 Å². The number of thiophene rings is 1. The quantitative estimate of drug-likeness (QED) is 0.412. The first-order valence-corrected chi connectivity index (χ1v) is 10.9. The molecule has 8 nitrogen and oxygen atoms in total. The predicted octanol–water partition coefficient (Wildman–Crippen LogP) is 3.83. The van der Waals surface area contributed by atoms with Crippen LogP contribution in [0.15, 0.2) is 59.4 Å². The molecule has 4 aromatic rings. The van der Waals surface area contributed by atoms with E-state index in [1.54, 1.807) is 61.1 Å². The van der Waals surface area contributed by atoms with Gasteiger partial charge in [0.2, 0.25) is 0 Å². The van der Waals surface area contributed by atoms with E-state index < -0.39 is 5.91 Å². The number of amides is 3. The van der Waals surface area contributed by atoms with Crippen molar-refractivity contribution in [3.8, 4) is 11.3 Å². The van der Waals surface area contributed by atoms with E-state index in [1.807, 2.05) is 5.38 Å². The monoisotopic (exact) mass is 451 g/mol. The van der Waals surface area contributed by atoms with Crippen molar-refractivity contribution in [2.75, 3.05) is 17.3 Å². The number of nitrogens with one attached hydrogen (secondary N) is 2. The normalized spacial score (nSPS) is 10.6. The Morgan fingerprint density at radius 1 is 1.13 bits per heavy atom. The maximum atomic E-state index is 12.9. The molecule has 0 unspecified atom stereocenters. The number of primary amides is 1. The average Bonchev–Trinajstić information content (AvgIpc) is 3.54. The zero-order valence-corrected chi connectivity index (χ0v) is 17.9. The van der Waals surface area contributed by atoms with Crippen LogP contribution in [-0.2, 0) is 0 Å². The lowest BCUT2D eigenvalue weighted by Gasteiger charge is -2.19. The number of carbonyl (C=O) groups is 3. The van der Waals surface area contributed by atoms with E-state index in [4.69, 9.17) is 5.73 Å². The fourth-order valence-corrected chi connectivity index (χ4v) is 4.36. The van der Waals surface area contributed by atoms with Gasteiger partial charge in [-0.25, -0.2) is 4.98 Å². The van der Waals surface area contributed by atoms with E-state index in [2.05, 4.69) is 15.3 Å². The van der Waals surface area contributed by atoms with Gasteiger partial charge in [-0.1, -0.05) is 18.2 Å². The van der Waals surface area contributed by atoms with Gasteiger partial charge < -0.3 is 15.6 Å². The van der Waals surface area contributed by atoms with Crippen LogP contribution in [0.25, 0.3) is 11.3 Å². The summed E-state index contributed by atoms with van der Waals surface area (Å²) < 4.78 is 0. The van der Waals surface area contributed by atoms with Crippen molar-refractivity contribution in [3.63, 3.8) is 0 Å². The molecule has 0 bridgehead atoms. The number of aromatic nitrogens is 2. The number of H-pyrrole nitrogens is 1. The molecule has 0 atom stereocenters. The Morgan fingerprint density at radius 2 is 1.94 bits per heavy atom. The lowest BCUT2D eigenvalue weighted by Crippen LogP contribution is -2.28. The second kappa shape index (κ2) is 8.54. The summed E-state index contributed by atoms with van der Waals surface area (Å²) in [6.07, 6.45) is 1.63. The van der Waals surface area contributed by atoms with Crippen LogP contribution in [0.3, 0.4) is 0 Å². The molecule has 1 aromatic carbocycles. The molecule has 0 saturated carbocycles. The summed E-state index contributed by atoms with van der Waals surface area (Å²) in [7, 11) is 1.64. The van der Waals surface area contributed by atoms with Gasteiger partial charge in [-0.3, -0.25) is 19.7 Å². The second-order valence-electron chi connectivity index (χ2n) is 6.52. The standard InChI is InChI=1S/C21H17N5O3S2/c1-26(20(29)17-7-4-8-30-17)16-6-3-2-5-13(16)19(28)25-21-24-15(11-31-21)12-9-14(18(22)27)23-10-12/h2-11,23H,1H3,(H2,22,27)(H,24,25,28). The van der Waals surface area contributed by atoms with Crippen LogP contribution in [-0.4, -0.2) is 34.7 Å². The van der Waals surface area contributed by atoms with E-state index in [1.165, 1.54) is 27.6 Å². The number of para-hydroxylation sites is 1. The molecule has 3 aromatic heterocycles. The summed E-state index contributed by atoms with van der Waals surface area (Å²) >= 11 is 2.60. The van der Waals surface area contributed by atoms with Gasteiger partial charge in [-0.15, -0.1) is 22.7 Å². The molecule has 3 heterocycles. The van der Waals surface area contributed by atoms with Gasteiger partial charge in [0.1, 0.15) is 5.69 Å². The molecule has 0 aliphatic carbocycles. The highest BCUT2D eigenvalue weighted by Gasteiger charge is 2.21. The number of benzene rings is 1. The molecule has 4 rings (SSSR count). The summed E-state index contributed by atoms with van der Waals surface area (Å²) in [5.74, 6) is -1.13. The molecule has 0 radical (unpaired) electrons. The molecule has 0 aliphatic rings. The van der Waals surface area contributed by atoms with Crippen LogP contribution in [0.4, 0.5) is 10.8 Å². The molecule has 156 valence electrons. The van der Waals surface area contributed by atoms with Gasteiger partial charge in [0, 0.05) is 24.2 Å². The van der Waals surface area contributed by atoms with Gasteiger partial charge in [0.05, 0.1) is 21.8 Å². The van der Waals surface area contributed by atoms with Crippen LogP contribution in [0.2, 0.25) is 0 Å². The fourth-order valence-electron chi connectivity index (χ4n) is 2.95. The number of thiazole rings is 1. The van der Waals surface area contributed by atoms with Crippen molar-refractivity contribution in [3.05, 3.63) is 75.6 Å². The van der Waals surface area contributed by atoms with Crippen LogP contribution in [0.1, 0.15) is 30.5 Å². The van der Waals surface area contributed by atoms with Crippen molar-refractivity contribution in [1.82, 2.24) is 9.97 Å². The summed E-state index contributed by atoms with van der Waals surface area (Å²) in [6.45, 7) is 0. The molecule has 0 saturated heterocycles. The molecule has 3 amide bonds. The first-order chi connectivity index (χ1) is 14.9. The Bertz CT molecular complexity index is 1260. The van der Waals surface area contributed by atoms with Gasteiger partial charge in [0.25, 0.3) is 17.7 Å². The van der Waals surface area contributed by atoms with Crippen molar-refractivity contribution in [2.45, 2.75) is 0 Å². The van der Waals surface area contributed by atoms with Crippen molar-refractivity contribution in [2.24, 2.45) is 5.73 Å². The first kappa shape index (κ1) is 20.5. The Morgan fingerprint density at radius 3 is 2.65 bits per heavy atom. The summed E-state index contributed by atoms with van der Waals surface area (Å²) in [6, 6.07) is 12.0. The number of anilines is 2. The molecular formula is C21H17N5O3S2. The minimum absolute atomic E-state index is 0.190. The number of carbonyl (C=O) groups excluding carboxylic acids is 3. The predicted molar refractivity (Wildman–Crippen MR) is 122 cm³/mol. The molecule has 0 fully saturated rings. The van der Waals surface area contributed by atoms with Crippen LogP contribution in [0, 0.1) is 0 Å². The highest BCUT2D eigenvalue weighted by Crippen LogP contribution is 2.27. The maximum Gasteiger partial charge on any atom is 0.268 e. The molecular weight excluding hydrogens is 434 g/mol. The third-order valence-corrected chi connectivity index (χ3v) is 6.13. The number of aromatic amines is 1. The van der Waals surface area contributed by atoms with E-state index in [-0.39, 0.29) is 17.5 Å². The maximum absolute atomic E-state index is 12.9. The molecule has 31 heavy (non-hydrogen) atoms. The average molecular weight is 452 g/mol. The van der Waals surface area contributed by atoms with Gasteiger partial charge in [-0.05, 0) is 29.6 Å². The summed E-state index contributed by atoms with van der Waals surface area (Å²) in [5, 5.41) is 6.77. The SMILES string of the molecule is CN(C(=O)c1cccs1)c1ccccc1C(=O)Nc1nc(-c2c[nH]c(C(N)=O)c2)cs1. The van der Waals surface area contributed by atoms with Gasteiger partial charge in [-0.2, -0.15) is 0 Å². The third-order valence-electron chi connectivity index (χ3n) is 4.52. The topological polar surface area (TPSA) is 121 Å². The van der Waals surface area contributed by atoms with Gasteiger partial charge >= 0.3 is 0 Å². The Labute approximate surface area is 185 Å². The largest absolute Gasteiger partial charge is 0.364 e. The molecule has 10 heteroatoms. The van der Waals surface area contributed by atoms with Crippen LogP contribution < -0.4 is 16.0 Å². The van der Waals surface area contributed by atoms with Crippen molar-refractivity contribution < 1.29 is 14.4 Å². The Hall–Kier alpha value is -3.76. The van der Waals surface area contributed by atoms with E-state index in [9.17, 15) is 14.4 Å². The highest BCUT2D eigenvalue weighted by atomic mass is 32.1. The number of rotatable bonds is 6. The van der Waals surface area contributed by atoms with Crippen molar-refractivity contribution in [1.29, 1.82) is 0 Å². The molecule has 0 aliphatic heterocycles. The van der Waals surface area contributed by atoms with E-state index >= 15 is 0 Å². The van der Waals surface area contributed by atoms with E-state index in [0.29, 0.717) is 32.5 Å². The number of hydrogen-bond donors (Lipinski definition) is 3. The first-order valence-electron chi connectivity index (χ1n) is 9.10. The van der Waals surface area contributed by atoms with Gasteiger partial charge in [0.15, 0.2) is 5.13 Å². The van der Waals surface area contributed by atoms with Crippen LogP contribution in [0.5, 0.6) is 0 Å². The van der Waals surface area contributed by atoms with Crippen molar-refractivity contribution >= 4 is 51.2 Å². The minimum atomic E-state index is -0.562. The number of nitrogens with two attached hydrogens (primary N) is 1. The highest BCUT2D eigenvalue weighted by molar-refractivity contribution is 7.14. The zero-order chi connectivity index (χ0) is 22.0. The molecule has 4 N–H and O–H groups in total. The summed E-state index contributed by atoms with van der Waals surface area (Å²) in [5.41, 5.74) is 7.67. The Kier molecular flexibility index (Phi) is 5.65. The number of nitrogens with zero attached hydrogens (tertiary/aromatic N) is 2. The second-order valence-corrected chi connectivity index (χ2v) is 8.32. The fraction of sp³-hybridized carbons (Fsp3) is 0.0476. The smallest absolute Gasteiger partial charge is 0.268 e. The third kappa shape index (κ3) is 4.25. The van der Waals surface area contributed by atoms with E-state index in [0.717, 1.165) is 0 Å². The minimum Gasteiger partial charge on any atom is -0.364 e. The summed E-state index contributed by atoms with van der Waals surface area (Å²) in [4.78, 5) is 46.1. The lowest BCUT2D eigenvalue weighted by atomic mass is 10.1.